The van der Waals surface area contributed by atoms with Gasteiger partial charge in [0.15, 0.2) is 5.17 Å². The van der Waals surface area contributed by atoms with E-state index in [1.807, 2.05) is 4.90 Å². The Bertz CT molecular complexity index is 1760. The van der Waals surface area contributed by atoms with Crippen molar-refractivity contribution in [2.24, 2.45) is 10.1 Å². The third kappa shape index (κ3) is 8.25. The van der Waals surface area contributed by atoms with Gasteiger partial charge in [0.2, 0.25) is 10.0 Å². The number of primary sulfonamides is 1. The molecule has 1 saturated carbocycles. The highest BCUT2D eigenvalue weighted by atomic mass is 32.2. The van der Waals surface area contributed by atoms with Crippen LogP contribution in [0, 0.1) is 0 Å². The van der Waals surface area contributed by atoms with Crippen LogP contribution in [0.2, 0.25) is 0 Å². The van der Waals surface area contributed by atoms with Crippen LogP contribution in [0.15, 0.2) is 52.5 Å². The van der Waals surface area contributed by atoms with E-state index in [1.165, 1.54) is 12.8 Å². The van der Waals surface area contributed by atoms with Crippen molar-refractivity contribution in [2.75, 3.05) is 32.4 Å². The number of alkyl halides is 6. The molecule has 9 nitrogen and oxygen atoms in total. The Labute approximate surface area is 258 Å². The Kier molecular flexibility index (Phi) is 9.09. The summed E-state index contributed by atoms with van der Waals surface area (Å²) in [4.78, 5) is 22.0. The number of carbonyl (C=O) groups excluding carboxylic acids is 1. The number of allylic oxidation sites excluding steroid dienone is 1. The number of aromatic amines is 1. The van der Waals surface area contributed by atoms with Crippen molar-refractivity contribution in [3.8, 4) is 0 Å². The van der Waals surface area contributed by atoms with Gasteiger partial charge in [0, 0.05) is 37.6 Å². The van der Waals surface area contributed by atoms with Gasteiger partial charge in [0.1, 0.15) is 0 Å². The van der Waals surface area contributed by atoms with Gasteiger partial charge in [-0.05, 0) is 72.0 Å². The maximum Gasteiger partial charge on any atom is 0.416 e. The molecule has 3 aliphatic rings. The summed E-state index contributed by atoms with van der Waals surface area (Å²) in [5, 5.41) is 12.3. The minimum absolute atomic E-state index is 0.127. The molecule has 1 aromatic heterocycles. The van der Waals surface area contributed by atoms with E-state index in [1.54, 1.807) is 24.4 Å². The number of benzene rings is 2. The van der Waals surface area contributed by atoms with Gasteiger partial charge in [-0.3, -0.25) is 14.8 Å². The van der Waals surface area contributed by atoms with E-state index in [-0.39, 0.29) is 22.1 Å². The lowest BCUT2D eigenvalue weighted by Gasteiger charge is -2.35. The monoisotopic (exact) mass is 674 g/mol. The average Bonchev–Trinajstić information content (AvgIpc) is 3.56. The summed E-state index contributed by atoms with van der Waals surface area (Å²) >= 11 is 1.10. The van der Waals surface area contributed by atoms with Crippen LogP contribution in [0.25, 0.3) is 16.5 Å². The molecule has 17 heteroatoms. The van der Waals surface area contributed by atoms with Gasteiger partial charge >= 0.3 is 12.4 Å². The van der Waals surface area contributed by atoms with E-state index >= 15 is 0 Å². The van der Waals surface area contributed by atoms with Crippen molar-refractivity contribution >= 4 is 49.3 Å². The highest BCUT2D eigenvalue weighted by Crippen LogP contribution is 2.42. The van der Waals surface area contributed by atoms with E-state index in [0.29, 0.717) is 46.8 Å². The summed E-state index contributed by atoms with van der Waals surface area (Å²) in [7, 11) is -3.17. The number of nitrogens with one attached hydrogen (secondary N) is 1. The fourth-order valence-electron chi connectivity index (χ4n) is 5.14. The van der Waals surface area contributed by atoms with Crippen molar-refractivity contribution < 1.29 is 39.6 Å². The molecule has 0 spiro atoms. The molecule has 1 amide bonds. The molecule has 0 unspecified atom stereocenters. The largest absolute Gasteiger partial charge is 0.416 e. The number of aromatic nitrogens is 2. The van der Waals surface area contributed by atoms with Gasteiger partial charge in [0.25, 0.3) is 5.91 Å². The number of piperazine rings is 1. The zero-order valence-electron chi connectivity index (χ0n) is 23.7. The molecule has 6 rings (SSSR count). The molecule has 0 bridgehead atoms. The topological polar surface area (TPSA) is 125 Å². The minimum Gasteiger partial charge on any atom is -0.348 e. The third-order valence-electron chi connectivity index (χ3n) is 7.41. The van der Waals surface area contributed by atoms with E-state index in [0.717, 1.165) is 37.2 Å². The number of amides is 1. The number of aliphatic imine (C=N–C) groups is 1. The number of fused-ring (bicyclic) bond motifs is 1. The molecular formula is C28H28F6N6O3S2. The number of sulfonamides is 1. The fraction of sp³-hybridized carbons (Fsp3) is 0.393. The van der Waals surface area contributed by atoms with Crippen LogP contribution >= 0.6 is 11.8 Å². The summed E-state index contributed by atoms with van der Waals surface area (Å²) in [5.74, 6) is -0.576. The number of carbonyl (C=O) groups is 1. The molecule has 2 aromatic carbocycles. The smallest absolute Gasteiger partial charge is 0.348 e. The Balaban J connectivity index is 0.000000743. The second kappa shape index (κ2) is 12.4. The number of H-pyrrole nitrogens is 1. The molecule has 1 aliphatic carbocycles. The van der Waals surface area contributed by atoms with Crippen LogP contribution in [-0.4, -0.2) is 78.0 Å². The SMILES string of the molecule is CS(N)(=O)=O.O=C1N=C(N2CCN(C3CC3)CC2)SC1=C(Cc1ccc(C(F)(F)F)cc1C(F)(F)F)c1ccc2[nH]ncc2c1. The molecule has 0 atom stereocenters. The molecule has 3 aromatic rings. The number of thioether (sulfide) groups is 1. The van der Waals surface area contributed by atoms with Crippen LogP contribution in [0.3, 0.4) is 0 Å². The highest BCUT2D eigenvalue weighted by molar-refractivity contribution is 8.18. The quantitative estimate of drug-likeness (QED) is 0.299. The zero-order chi connectivity index (χ0) is 32.7. The van der Waals surface area contributed by atoms with Crippen LogP contribution in [0.5, 0.6) is 0 Å². The number of halogens is 6. The fourth-order valence-corrected chi connectivity index (χ4v) is 6.21. The maximum atomic E-state index is 14.0. The van der Waals surface area contributed by atoms with Crippen LogP contribution in [0.4, 0.5) is 26.3 Å². The van der Waals surface area contributed by atoms with E-state index in [2.05, 4.69) is 25.2 Å². The third-order valence-corrected chi connectivity index (χ3v) is 8.56. The number of amidine groups is 1. The average molecular weight is 675 g/mol. The Morgan fingerprint density at radius 3 is 2.29 bits per heavy atom. The number of rotatable bonds is 4. The maximum absolute atomic E-state index is 14.0. The molecule has 2 fully saturated rings. The first-order chi connectivity index (χ1) is 21.0. The Morgan fingerprint density at radius 2 is 1.69 bits per heavy atom. The number of hydrogen-bond donors (Lipinski definition) is 2. The lowest BCUT2D eigenvalue weighted by Crippen LogP contribution is -2.48. The molecular weight excluding hydrogens is 646 g/mol. The predicted molar refractivity (Wildman–Crippen MR) is 158 cm³/mol. The second-order valence-electron chi connectivity index (χ2n) is 10.9. The zero-order valence-corrected chi connectivity index (χ0v) is 25.4. The van der Waals surface area contributed by atoms with Crippen LogP contribution in [0.1, 0.15) is 35.1 Å². The lowest BCUT2D eigenvalue weighted by atomic mass is 9.92. The van der Waals surface area contributed by atoms with Crippen molar-refractivity contribution in [1.82, 2.24) is 20.0 Å². The highest BCUT2D eigenvalue weighted by Gasteiger charge is 2.39. The summed E-state index contributed by atoms with van der Waals surface area (Å²) in [6.07, 6.45) is -5.52. The first-order valence-electron chi connectivity index (χ1n) is 13.7. The summed E-state index contributed by atoms with van der Waals surface area (Å²) in [6.45, 7) is 3.02. The number of nitrogens with two attached hydrogens (primary N) is 1. The van der Waals surface area contributed by atoms with Crippen molar-refractivity contribution in [1.29, 1.82) is 0 Å². The molecule has 3 N–H and O–H groups in total. The van der Waals surface area contributed by atoms with Gasteiger partial charge < -0.3 is 4.90 Å². The van der Waals surface area contributed by atoms with E-state index in [4.69, 9.17) is 0 Å². The van der Waals surface area contributed by atoms with Gasteiger partial charge in [-0.25, -0.2) is 13.6 Å². The summed E-state index contributed by atoms with van der Waals surface area (Å²) < 4.78 is 101. The minimum atomic E-state index is -5.03. The normalized spacial score (nSPS) is 19.4. The first kappa shape index (κ1) is 33.0. The molecule has 3 heterocycles. The molecule has 2 aliphatic heterocycles. The van der Waals surface area contributed by atoms with Crippen LogP contribution < -0.4 is 5.14 Å². The molecule has 242 valence electrons. The van der Waals surface area contributed by atoms with Gasteiger partial charge in [-0.2, -0.15) is 36.4 Å². The Morgan fingerprint density at radius 1 is 1.02 bits per heavy atom. The molecule has 1 saturated heterocycles. The first-order valence-corrected chi connectivity index (χ1v) is 16.5. The number of nitrogens with zero attached hydrogens (tertiary/aromatic N) is 4. The van der Waals surface area contributed by atoms with Crippen molar-refractivity contribution in [2.45, 2.75) is 37.7 Å². The summed E-state index contributed by atoms with van der Waals surface area (Å²) in [6, 6.07) is 7.26. The van der Waals surface area contributed by atoms with Gasteiger partial charge in [-0.1, -0.05) is 12.1 Å². The van der Waals surface area contributed by atoms with Crippen molar-refractivity contribution in [3.63, 3.8) is 0 Å². The number of hydrogen-bond acceptors (Lipinski definition) is 7. The second-order valence-corrected chi connectivity index (χ2v) is 13.5. The molecule has 45 heavy (non-hydrogen) atoms. The lowest BCUT2D eigenvalue weighted by molar-refractivity contribution is -0.143. The van der Waals surface area contributed by atoms with Gasteiger partial charge in [-0.15, -0.1) is 0 Å². The Hall–Kier alpha value is -3.41. The van der Waals surface area contributed by atoms with E-state index < -0.39 is 45.8 Å². The standard InChI is InChI=1S/C27H23F6N5OS.CH5NO2S/c28-26(29,30)18-3-1-16(21(13-18)27(31,32)33)12-20(15-2-6-22-17(11-15)14-34-36-22)23-24(39)35-25(40-23)38-9-7-37(8-10-38)19-4-5-19;1-5(2,3)4/h1-3,6,11,13-14,19H,4-5,7-10,12H2,(H,34,36);1H3,(H2,2,3,4). The van der Waals surface area contributed by atoms with E-state index in [9.17, 15) is 39.6 Å². The van der Waals surface area contributed by atoms with Gasteiger partial charge in [0.05, 0.1) is 34.0 Å². The van der Waals surface area contributed by atoms with Crippen LogP contribution in [-0.2, 0) is 33.6 Å². The molecule has 0 radical (unpaired) electrons. The summed E-state index contributed by atoms with van der Waals surface area (Å²) in [5.41, 5.74) is -1.73. The predicted octanol–water partition coefficient (Wildman–Crippen LogP) is 4.87. The van der Waals surface area contributed by atoms with Crippen molar-refractivity contribution in [3.05, 3.63) is 69.8 Å².